The Hall–Kier alpha value is -3.06. The number of aryl methyl sites for hydroxylation is 1. The molecule has 3 aromatic rings. The van der Waals surface area contributed by atoms with Crippen molar-refractivity contribution in [3.63, 3.8) is 0 Å². The summed E-state index contributed by atoms with van der Waals surface area (Å²) in [6, 6.07) is 15.7. The Kier molecular flexibility index (Phi) is 7.89. The number of hydrogen-bond acceptors (Lipinski definition) is 4. The predicted molar refractivity (Wildman–Crippen MR) is 126 cm³/mol. The molecule has 0 spiro atoms. The van der Waals surface area contributed by atoms with Gasteiger partial charge in [0.25, 0.3) is 0 Å². The minimum atomic E-state index is -0.703. The van der Waals surface area contributed by atoms with E-state index in [9.17, 15) is 5.11 Å². The summed E-state index contributed by atoms with van der Waals surface area (Å²) in [6.45, 7) is 10.5. The molecule has 2 aromatic carbocycles. The van der Waals surface area contributed by atoms with Crippen LogP contribution < -0.4 is 15.4 Å². The van der Waals surface area contributed by atoms with Gasteiger partial charge in [-0.25, -0.2) is 4.98 Å². The van der Waals surface area contributed by atoms with Gasteiger partial charge in [-0.05, 0) is 57.5 Å². The van der Waals surface area contributed by atoms with Gasteiger partial charge < -0.3 is 25.0 Å². The largest absolute Gasteiger partial charge is 0.491 e. The van der Waals surface area contributed by atoms with Crippen LogP contribution in [-0.4, -0.2) is 46.4 Å². The molecule has 0 fully saturated rings. The summed E-state index contributed by atoms with van der Waals surface area (Å²) >= 11 is 0. The Morgan fingerprint density at radius 1 is 1.16 bits per heavy atom. The molecule has 7 heteroatoms. The molecular formula is C24H33N5O2. The fourth-order valence-corrected chi connectivity index (χ4v) is 3.46. The number of benzene rings is 2. The molecule has 0 radical (unpaired) electrons. The molecule has 0 aliphatic rings. The Morgan fingerprint density at radius 3 is 2.74 bits per heavy atom. The topological polar surface area (TPSA) is 83.7 Å². The first-order valence-electron chi connectivity index (χ1n) is 10.9. The first-order chi connectivity index (χ1) is 15.0. The van der Waals surface area contributed by atoms with Gasteiger partial charge in [0.15, 0.2) is 5.96 Å². The average molecular weight is 424 g/mol. The van der Waals surface area contributed by atoms with Gasteiger partial charge in [-0.1, -0.05) is 24.3 Å². The second kappa shape index (κ2) is 10.8. The van der Waals surface area contributed by atoms with Crippen LogP contribution >= 0.6 is 0 Å². The van der Waals surface area contributed by atoms with Crippen LogP contribution in [0.5, 0.6) is 5.75 Å². The number of rotatable bonds is 9. The lowest BCUT2D eigenvalue weighted by Gasteiger charge is -2.15. The highest BCUT2D eigenvalue weighted by molar-refractivity contribution is 5.80. The third-order valence-electron chi connectivity index (χ3n) is 4.85. The summed E-state index contributed by atoms with van der Waals surface area (Å²) in [7, 11) is 0. The highest BCUT2D eigenvalue weighted by Crippen LogP contribution is 2.20. The molecule has 166 valence electrons. The van der Waals surface area contributed by atoms with Gasteiger partial charge in [0.2, 0.25) is 0 Å². The number of hydrogen-bond donors (Lipinski definition) is 3. The van der Waals surface area contributed by atoms with E-state index in [1.54, 1.807) is 0 Å². The van der Waals surface area contributed by atoms with Crippen molar-refractivity contribution in [2.45, 2.75) is 46.4 Å². The van der Waals surface area contributed by atoms with Crippen LogP contribution in [0, 0.1) is 6.92 Å². The van der Waals surface area contributed by atoms with Crippen molar-refractivity contribution >= 4 is 17.0 Å². The molecule has 0 aliphatic carbocycles. The van der Waals surface area contributed by atoms with E-state index in [0.29, 0.717) is 12.5 Å². The van der Waals surface area contributed by atoms with E-state index >= 15 is 0 Å². The van der Waals surface area contributed by atoms with E-state index in [4.69, 9.17) is 4.74 Å². The fourth-order valence-electron chi connectivity index (χ4n) is 3.46. The number of aliphatic hydroxyl groups excluding tert-OH is 1. The molecule has 1 aromatic heterocycles. The van der Waals surface area contributed by atoms with Crippen molar-refractivity contribution in [3.8, 4) is 5.75 Å². The minimum Gasteiger partial charge on any atom is -0.491 e. The van der Waals surface area contributed by atoms with Crippen LogP contribution in [0.2, 0.25) is 0 Å². The number of aliphatic hydroxyl groups is 1. The van der Waals surface area contributed by atoms with Crippen molar-refractivity contribution in [1.29, 1.82) is 0 Å². The number of imidazole rings is 1. The maximum atomic E-state index is 10.6. The number of guanidine groups is 1. The van der Waals surface area contributed by atoms with Gasteiger partial charge in [0, 0.05) is 19.6 Å². The number of para-hydroxylation sites is 2. The first-order valence-corrected chi connectivity index (χ1v) is 10.9. The molecule has 0 bridgehead atoms. The zero-order valence-electron chi connectivity index (χ0n) is 18.8. The predicted octanol–water partition coefficient (Wildman–Crippen LogP) is 3.42. The standard InChI is InChI=1S/C24H33N5O2/c1-5-25-24(26-13-14-29-18(4)28-21-11-6-7-12-22(21)29)27-16-23(30)19-9-8-10-20(15-19)31-17(2)3/h6-12,15,17,23,30H,5,13-14,16H2,1-4H3,(H2,25,26,27). The van der Waals surface area contributed by atoms with E-state index in [2.05, 4.69) is 31.2 Å². The smallest absolute Gasteiger partial charge is 0.191 e. The first kappa shape index (κ1) is 22.6. The van der Waals surface area contributed by atoms with Crippen molar-refractivity contribution < 1.29 is 9.84 Å². The summed E-state index contributed by atoms with van der Waals surface area (Å²) in [5, 5.41) is 17.2. The SMILES string of the molecule is CCNC(=NCC(O)c1cccc(OC(C)C)c1)NCCn1c(C)nc2ccccc21. The zero-order chi connectivity index (χ0) is 22.2. The summed E-state index contributed by atoms with van der Waals surface area (Å²) < 4.78 is 7.91. The maximum absolute atomic E-state index is 10.6. The third kappa shape index (κ3) is 6.21. The normalized spacial score (nSPS) is 12.9. The lowest BCUT2D eigenvalue weighted by molar-refractivity contribution is 0.185. The van der Waals surface area contributed by atoms with Crippen LogP contribution in [0.25, 0.3) is 11.0 Å². The number of nitrogens with one attached hydrogen (secondary N) is 2. The Labute approximate surface area is 184 Å². The van der Waals surface area contributed by atoms with Crippen molar-refractivity contribution in [2.24, 2.45) is 4.99 Å². The van der Waals surface area contributed by atoms with Gasteiger partial charge in [-0.3, -0.25) is 4.99 Å². The van der Waals surface area contributed by atoms with Gasteiger partial charge >= 0.3 is 0 Å². The fraction of sp³-hybridized carbons (Fsp3) is 0.417. The van der Waals surface area contributed by atoms with Crippen LogP contribution in [-0.2, 0) is 6.54 Å². The number of aromatic nitrogens is 2. The highest BCUT2D eigenvalue weighted by Gasteiger charge is 2.10. The molecule has 1 atom stereocenters. The maximum Gasteiger partial charge on any atom is 0.191 e. The molecule has 0 amide bonds. The molecule has 7 nitrogen and oxygen atoms in total. The Morgan fingerprint density at radius 2 is 1.97 bits per heavy atom. The van der Waals surface area contributed by atoms with E-state index in [0.717, 1.165) is 41.3 Å². The van der Waals surface area contributed by atoms with Crippen LogP contribution in [0.4, 0.5) is 0 Å². The van der Waals surface area contributed by atoms with Gasteiger partial charge in [-0.2, -0.15) is 0 Å². The molecule has 3 rings (SSSR count). The minimum absolute atomic E-state index is 0.0891. The molecule has 0 aliphatic heterocycles. The summed E-state index contributed by atoms with van der Waals surface area (Å²) in [5.74, 6) is 2.42. The number of aliphatic imine (C=N–C) groups is 1. The lowest BCUT2D eigenvalue weighted by Crippen LogP contribution is -2.39. The quantitative estimate of drug-likeness (QED) is 0.363. The van der Waals surface area contributed by atoms with Crippen LogP contribution in [0.1, 0.15) is 38.3 Å². The molecule has 0 saturated heterocycles. The zero-order valence-corrected chi connectivity index (χ0v) is 18.8. The Balaban J connectivity index is 1.60. The Bertz CT molecular complexity index is 1010. The second-order valence-corrected chi connectivity index (χ2v) is 7.70. The van der Waals surface area contributed by atoms with Crippen molar-refractivity contribution in [3.05, 3.63) is 59.9 Å². The lowest BCUT2D eigenvalue weighted by atomic mass is 10.1. The number of ether oxygens (including phenoxy) is 1. The van der Waals surface area contributed by atoms with E-state index in [1.807, 2.05) is 70.2 Å². The molecule has 31 heavy (non-hydrogen) atoms. The number of nitrogens with zero attached hydrogens (tertiary/aromatic N) is 3. The highest BCUT2D eigenvalue weighted by atomic mass is 16.5. The van der Waals surface area contributed by atoms with Crippen molar-refractivity contribution in [1.82, 2.24) is 20.2 Å². The van der Waals surface area contributed by atoms with E-state index in [-0.39, 0.29) is 12.6 Å². The molecule has 1 unspecified atom stereocenters. The van der Waals surface area contributed by atoms with Crippen molar-refractivity contribution in [2.75, 3.05) is 19.6 Å². The van der Waals surface area contributed by atoms with Gasteiger partial charge in [-0.15, -0.1) is 0 Å². The average Bonchev–Trinajstić information content (AvgIpc) is 3.06. The molecular weight excluding hydrogens is 390 g/mol. The molecule has 0 saturated carbocycles. The van der Waals surface area contributed by atoms with Crippen LogP contribution in [0.3, 0.4) is 0 Å². The van der Waals surface area contributed by atoms with E-state index < -0.39 is 6.10 Å². The van der Waals surface area contributed by atoms with Gasteiger partial charge in [0.1, 0.15) is 11.6 Å². The number of fused-ring (bicyclic) bond motifs is 1. The summed E-state index contributed by atoms with van der Waals surface area (Å²) in [5.41, 5.74) is 2.92. The third-order valence-corrected chi connectivity index (χ3v) is 4.85. The summed E-state index contributed by atoms with van der Waals surface area (Å²) in [4.78, 5) is 9.17. The molecule has 1 heterocycles. The van der Waals surface area contributed by atoms with Gasteiger partial charge in [0.05, 0.1) is 29.8 Å². The van der Waals surface area contributed by atoms with E-state index in [1.165, 1.54) is 0 Å². The summed E-state index contributed by atoms with van der Waals surface area (Å²) in [6.07, 6.45) is -0.614. The monoisotopic (exact) mass is 423 g/mol. The van der Waals surface area contributed by atoms with Crippen LogP contribution in [0.15, 0.2) is 53.5 Å². The molecule has 3 N–H and O–H groups in total. The second-order valence-electron chi connectivity index (χ2n) is 7.70.